The van der Waals surface area contributed by atoms with Crippen LogP contribution in [-0.4, -0.2) is 34.8 Å². The van der Waals surface area contributed by atoms with Crippen molar-refractivity contribution >= 4 is 11.6 Å². The van der Waals surface area contributed by atoms with Crippen LogP contribution in [0.5, 0.6) is 0 Å². The summed E-state index contributed by atoms with van der Waals surface area (Å²) in [5.74, 6) is 3.06. The zero-order valence-electron chi connectivity index (χ0n) is 13.2. The fourth-order valence-corrected chi connectivity index (χ4v) is 3.12. The Labute approximate surface area is 126 Å². The smallest absolute Gasteiger partial charge is 0.135 e. The minimum atomic E-state index is 0.324. The molecule has 2 aliphatic heterocycles. The summed E-state index contributed by atoms with van der Waals surface area (Å²) in [5, 5.41) is 6.93. The van der Waals surface area contributed by atoms with Crippen LogP contribution in [0.3, 0.4) is 0 Å². The van der Waals surface area contributed by atoms with Gasteiger partial charge in [-0.1, -0.05) is 20.8 Å². The normalized spacial score (nSPS) is 27.3. The maximum Gasteiger partial charge on any atom is 0.135 e. The molecule has 0 aromatic carbocycles. The number of ether oxygens (including phenoxy) is 1. The molecule has 0 amide bonds. The zero-order chi connectivity index (χ0) is 14.8. The fourth-order valence-electron chi connectivity index (χ4n) is 3.12. The minimum Gasteiger partial charge on any atom is -0.373 e. The summed E-state index contributed by atoms with van der Waals surface area (Å²) in [6.07, 6.45) is 5.39. The second-order valence-electron chi connectivity index (χ2n) is 6.44. The van der Waals surface area contributed by atoms with Gasteiger partial charge in [-0.05, 0) is 25.7 Å². The van der Waals surface area contributed by atoms with E-state index in [9.17, 15) is 0 Å². The molecule has 2 saturated heterocycles. The average molecular weight is 290 g/mol. The first-order valence-corrected chi connectivity index (χ1v) is 8.20. The Hall–Kier alpha value is -1.36. The zero-order valence-corrected chi connectivity index (χ0v) is 13.2. The maximum atomic E-state index is 5.91. The maximum absolute atomic E-state index is 5.91. The van der Waals surface area contributed by atoms with E-state index in [-0.39, 0.29) is 0 Å². The van der Waals surface area contributed by atoms with Crippen molar-refractivity contribution in [3.63, 3.8) is 0 Å². The molecule has 3 rings (SSSR count). The predicted molar refractivity (Wildman–Crippen MR) is 84.8 cm³/mol. The third-order valence-electron chi connectivity index (χ3n) is 4.26. The van der Waals surface area contributed by atoms with E-state index in [1.54, 1.807) is 0 Å². The third kappa shape index (κ3) is 3.28. The highest BCUT2D eigenvalue weighted by Crippen LogP contribution is 2.36. The molecule has 0 spiro atoms. The molecule has 1 aromatic rings. The summed E-state index contributed by atoms with van der Waals surface area (Å²) >= 11 is 0. The molecule has 2 bridgehead atoms. The van der Waals surface area contributed by atoms with Crippen molar-refractivity contribution in [1.82, 2.24) is 9.97 Å². The second-order valence-corrected chi connectivity index (χ2v) is 6.44. The van der Waals surface area contributed by atoms with E-state index in [0.717, 1.165) is 36.8 Å². The van der Waals surface area contributed by atoms with Crippen molar-refractivity contribution in [3.8, 4) is 0 Å². The summed E-state index contributed by atoms with van der Waals surface area (Å²) in [4.78, 5) is 9.27. The lowest BCUT2D eigenvalue weighted by atomic mass is 9.95. The lowest BCUT2D eigenvalue weighted by molar-refractivity contribution is 0.102. The van der Waals surface area contributed by atoms with Crippen LogP contribution >= 0.6 is 0 Å². The van der Waals surface area contributed by atoms with Crippen LogP contribution in [0.25, 0.3) is 0 Å². The highest BCUT2D eigenvalue weighted by Gasteiger charge is 2.40. The molecular formula is C16H26N4O. The van der Waals surface area contributed by atoms with Gasteiger partial charge in [0.25, 0.3) is 0 Å². The molecule has 3 unspecified atom stereocenters. The topological polar surface area (TPSA) is 59.1 Å². The molecule has 5 heteroatoms. The van der Waals surface area contributed by atoms with Crippen LogP contribution in [0.4, 0.5) is 11.6 Å². The Morgan fingerprint density at radius 1 is 1.29 bits per heavy atom. The Kier molecular flexibility index (Phi) is 4.29. The van der Waals surface area contributed by atoms with Gasteiger partial charge < -0.3 is 15.4 Å². The van der Waals surface area contributed by atoms with E-state index in [4.69, 9.17) is 4.74 Å². The molecule has 1 aromatic heterocycles. The van der Waals surface area contributed by atoms with E-state index in [0.29, 0.717) is 24.2 Å². The molecule has 116 valence electrons. The van der Waals surface area contributed by atoms with Crippen LogP contribution in [0, 0.1) is 0 Å². The molecule has 5 nitrogen and oxygen atoms in total. The second kappa shape index (κ2) is 6.18. The van der Waals surface area contributed by atoms with Gasteiger partial charge in [-0.3, -0.25) is 0 Å². The monoisotopic (exact) mass is 290 g/mol. The van der Waals surface area contributed by atoms with Gasteiger partial charge in [0.1, 0.15) is 17.5 Å². The van der Waals surface area contributed by atoms with E-state index < -0.39 is 0 Å². The van der Waals surface area contributed by atoms with Crippen LogP contribution in [0.2, 0.25) is 0 Å². The number of rotatable bonds is 6. The number of fused-ring (bicyclic) bond motifs is 2. The molecule has 21 heavy (non-hydrogen) atoms. The molecule has 2 aliphatic rings. The van der Waals surface area contributed by atoms with Gasteiger partial charge in [-0.25, -0.2) is 9.97 Å². The number of anilines is 2. The first-order chi connectivity index (χ1) is 10.2. The van der Waals surface area contributed by atoms with E-state index >= 15 is 0 Å². The SMILES string of the molecule is CCCNc1cc(NC2CC3CCC2O3)nc(C(C)C)n1. The van der Waals surface area contributed by atoms with E-state index in [1.807, 2.05) is 6.07 Å². The number of nitrogens with zero attached hydrogens (tertiary/aromatic N) is 2. The van der Waals surface area contributed by atoms with Gasteiger partial charge in [-0.15, -0.1) is 0 Å². The van der Waals surface area contributed by atoms with Gasteiger partial charge in [-0.2, -0.15) is 0 Å². The standard InChI is InChI=1S/C16H26N4O/c1-4-7-17-14-9-15(20-16(19-14)10(2)3)18-12-8-11-5-6-13(12)21-11/h9-13H,4-8H2,1-3H3,(H2,17,18,19,20). The molecule has 2 N–H and O–H groups in total. The summed E-state index contributed by atoms with van der Waals surface area (Å²) in [6, 6.07) is 2.42. The first kappa shape index (κ1) is 14.6. The molecule has 0 aliphatic carbocycles. The number of nitrogens with one attached hydrogen (secondary N) is 2. The van der Waals surface area contributed by atoms with Crippen molar-refractivity contribution in [2.24, 2.45) is 0 Å². The number of hydrogen-bond donors (Lipinski definition) is 2. The van der Waals surface area contributed by atoms with Gasteiger partial charge in [0, 0.05) is 18.5 Å². The first-order valence-electron chi connectivity index (χ1n) is 8.20. The fraction of sp³-hybridized carbons (Fsp3) is 0.750. The lowest BCUT2D eigenvalue weighted by Gasteiger charge is -2.21. The van der Waals surface area contributed by atoms with Crippen LogP contribution < -0.4 is 10.6 Å². The highest BCUT2D eigenvalue weighted by molar-refractivity contribution is 5.48. The summed E-state index contributed by atoms with van der Waals surface area (Å²) in [5.41, 5.74) is 0. The molecule has 3 atom stereocenters. The Balaban J connectivity index is 1.75. The van der Waals surface area contributed by atoms with Gasteiger partial charge in [0.05, 0.1) is 18.2 Å². The van der Waals surface area contributed by atoms with Gasteiger partial charge in [0.2, 0.25) is 0 Å². The third-order valence-corrected chi connectivity index (χ3v) is 4.26. The molecule has 0 saturated carbocycles. The largest absolute Gasteiger partial charge is 0.373 e. The highest BCUT2D eigenvalue weighted by atomic mass is 16.5. The summed E-state index contributed by atoms with van der Waals surface area (Å²) in [7, 11) is 0. The quantitative estimate of drug-likeness (QED) is 0.843. The van der Waals surface area contributed by atoms with Crippen molar-refractivity contribution in [2.75, 3.05) is 17.2 Å². The minimum absolute atomic E-state index is 0.324. The van der Waals surface area contributed by atoms with Crippen LogP contribution in [0.15, 0.2) is 6.07 Å². The molecule has 0 radical (unpaired) electrons. The predicted octanol–water partition coefficient (Wildman–Crippen LogP) is 3.15. The summed E-state index contributed by atoms with van der Waals surface area (Å²) in [6.45, 7) is 7.35. The van der Waals surface area contributed by atoms with E-state index in [1.165, 1.54) is 12.8 Å². The Bertz CT molecular complexity index is 491. The van der Waals surface area contributed by atoms with Crippen molar-refractivity contribution in [3.05, 3.63) is 11.9 Å². The Morgan fingerprint density at radius 2 is 2.10 bits per heavy atom. The molecule has 3 heterocycles. The number of aromatic nitrogens is 2. The van der Waals surface area contributed by atoms with Crippen LogP contribution in [-0.2, 0) is 4.74 Å². The van der Waals surface area contributed by atoms with Gasteiger partial charge >= 0.3 is 0 Å². The summed E-state index contributed by atoms with van der Waals surface area (Å²) < 4.78 is 5.91. The van der Waals surface area contributed by atoms with E-state index in [2.05, 4.69) is 41.4 Å². The van der Waals surface area contributed by atoms with Crippen molar-refractivity contribution in [2.45, 2.75) is 70.6 Å². The van der Waals surface area contributed by atoms with Gasteiger partial charge in [0.15, 0.2) is 0 Å². The molecular weight excluding hydrogens is 264 g/mol. The Morgan fingerprint density at radius 3 is 2.71 bits per heavy atom. The van der Waals surface area contributed by atoms with Crippen molar-refractivity contribution in [1.29, 1.82) is 0 Å². The molecule has 2 fully saturated rings. The van der Waals surface area contributed by atoms with Crippen LogP contribution in [0.1, 0.15) is 58.2 Å². The average Bonchev–Trinajstić information content (AvgIpc) is 3.07. The van der Waals surface area contributed by atoms with Crippen molar-refractivity contribution < 1.29 is 4.74 Å². The number of hydrogen-bond acceptors (Lipinski definition) is 5. The lowest BCUT2D eigenvalue weighted by Crippen LogP contribution is -2.31.